The molecule has 6 heteroatoms. The van der Waals surface area contributed by atoms with Crippen LogP contribution in [0.3, 0.4) is 0 Å². The van der Waals surface area contributed by atoms with Gasteiger partial charge in [-0.1, -0.05) is 42.5 Å². The second-order valence-electron chi connectivity index (χ2n) is 6.27. The number of aromatic nitrogens is 3. The smallest absolute Gasteiger partial charge is 0.276 e. The van der Waals surface area contributed by atoms with Crippen molar-refractivity contribution in [3.63, 3.8) is 0 Å². The van der Waals surface area contributed by atoms with Gasteiger partial charge in [-0.15, -0.1) is 0 Å². The minimum atomic E-state index is -0.757. The molecular formula is C21H19N3O3. The summed E-state index contributed by atoms with van der Waals surface area (Å²) in [4.78, 5) is 12.8. The number of methoxy groups -OCH3 is 1. The van der Waals surface area contributed by atoms with Crippen LogP contribution in [0.5, 0.6) is 5.75 Å². The van der Waals surface area contributed by atoms with Gasteiger partial charge in [0.25, 0.3) is 5.56 Å². The van der Waals surface area contributed by atoms with E-state index < -0.39 is 6.10 Å². The second-order valence-corrected chi connectivity index (χ2v) is 6.27. The Labute approximate surface area is 155 Å². The zero-order valence-electron chi connectivity index (χ0n) is 14.8. The van der Waals surface area contributed by atoms with E-state index in [4.69, 9.17) is 4.74 Å². The summed E-state index contributed by atoms with van der Waals surface area (Å²) in [5, 5.41) is 14.9. The molecule has 0 aliphatic carbocycles. The number of benzene rings is 2. The predicted molar refractivity (Wildman–Crippen MR) is 103 cm³/mol. The Kier molecular flexibility index (Phi) is 4.48. The maximum absolute atomic E-state index is 12.8. The number of aliphatic hydroxyl groups excluding tert-OH is 1. The Bertz CT molecular complexity index is 1130. The number of fused-ring (bicyclic) bond motifs is 1. The first-order valence-electron chi connectivity index (χ1n) is 8.62. The lowest BCUT2D eigenvalue weighted by Crippen LogP contribution is -2.24. The topological polar surface area (TPSA) is 68.8 Å². The molecule has 1 atom stereocenters. The average Bonchev–Trinajstić information content (AvgIpc) is 3.16. The quantitative estimate of drug-likeness (QED) is 0.593. The monoisotopic (exact) mass is 361 g/mol. The number of aliphatic hydroxyl groups is 1. The van der Waals surface area contributed by atoms with E-state index in [-0.39, 0.29) is 12.1 Å². The average molecular weight is 361 g/mol. The van der Waals surface area contributed by atoms with E-state index in [1.165, 1.54) is 4.57 Å². The molecule has 2 aromatic heterocycles. The Morgan fingerprint density at radius 1 is 1.07 bits per heavy atom. The molecule has 0 amide bonds. The fourth-order valence-electron chi connectivity index (χ4n) is 3.06. The van der Waals surface area contributed by atoms with E-state index in [9.17, 15) is 9.90 Å². The lowest BCUT2D eigenvalue weighted by molar-refractivity contribution is 0.155. The Morgan fingerprint density at radius 2 is 1.89 bits per heavy atom. The van der Waals surface area contributed by atoms with Crippen molar-refractivity contribution in [1.82, 2.24) is 14.2 Å². The number of hydrogen-bond acceptors (Lipinski definition) is 4. The summed E-state index contributed by atoms with van der Waals surface area (Å²) in [5.74, 6) is 0.730. The zero-order chi connectivity index (χ0) is 18.8. The molecule has 0 radical (unpaired) electrons. The number of rotatable bonds is 5. The Hall–Kier alpha value is -3.38. The molecule has 2 aromatic carbocycles. The van der Waals surface area contributed by atoms with E-state index in [2.05, 4.69) is 5.10 Å². The van der Waals surface area contributed by atoms with Gasteiger partial charge in [0.05, 0.1) is 25.5 Å². The first-order valence-corrected chi connectivity index (χ1v) is 8.62. The van der Waals surface area contributed by atoms with E-state index in [1.54, 1.807) is 30.1 Å². The molecule has 136 valence electrons. The van der Waals surface area contributed by atoms with Gasteiger partial charge in [0.1, 0.15) is 11.3 Å². The van der Waals surface area contributed by atoms with E-state index in [1.807, 2.05) is 54.6 Å². The van der Waals surface area contributed by atoms with E-state index in [0.717, 1.165) is 16.9 Å². The molecule has 6 nitrogen and oxygen atoms in total. The van der Waals surface area contributed by atoms with Crippen molar-refractivity contribution in [1.29, 1.82) is 0 Å². The normalized spacial score (nSPS) is 12.2. The molecule has 4 rings (SSSR count). The number of ether oxygens (including phenoxy) is 1. The highest BCUT2D eigenvalue weighted by atomic mass is 16.5. The Balaban J connectivity index is 1.69. The van der Waals surface area contributed by atoms with Crippen molar-refractivity contribution >= 4 is 5.52 Å². The van der Waals surface area contributed by atoms with Gasteiger partial charge in [-0.25, -0.2) is 4.52 Å². The van der Waals surface area contributed by atoms with Gasteiger partial charge in [0.15, 0.2) is 0 Å². The van der Waals surface area contributed by atoms with E-state index >= 15 is 0 Å². The largest absolute Gasteiger partial charge is 0.497 e. The summed E-state index contributed by atoms with van der Waals surface area (Å²) in [5.41, 5.74) is 2.58. The van der Waals surface area contributed by atoms with Crippen LogP contribution >= 0.6 is 0 Å². The molecule has 0 spiro atoms. The minimum Gasteiger partial charge on any atom is -0.497 e. The van der Waals surface area contributed by atoms with Crippen molar-refractivity contribution in [2.24, 2.45) is 0 Å². The van der Waals surface area contributed by atoms with Gasteiger partial charge in [0, 0.05) is 18.0 Å². The molecule has 4 aromatic rings. The van der Waals surface area contributed by atoms with Crippen molar-refractivity contribution in [3.05, 3.63) is 89.0 Å². The van der Waals surface area contributed by atoms with Crippen LogP contribution in [-0.2, 0) is 6.54 Å². The summed E-state index contributed by atoms with van der Waals surface area (Å²) < 4.78 is 8.31. The van der Waals surface area contributed by atoms with Gasteiger partial charge in [-0.2, -0.15) is 5.10 Å². The fraction of sp³-hybridized carbons (Fsp3) is 0.143. The highest BCUT2D eigenvalue weighted by Gasteiger charge is 2.13. The lowest BCUT2D eigenvalue weighted by atomic mass is 10.1. The van der Waals surface area contributed by atoms with Gasteiger partial charge in [-0.05, 0) is 23.8 Å². The maximum Gasteiger partial charge on any atom is 0.276 e. The highest BCUT2D eigenvalue weighted by Crippen LogP contribution is 2.23. The summed E-state index contributed by atoms with van der Waals surface area (Å²) in [6.07, 6.45) is 2.61. The van der Waals surface area contributed by atoms with Crippen LogP contribution in [0.1, 0.15) is 11.7 Å². The van der Waals surface area contributed by atoms with Crippen LogP contribution < -0.4 is 10.3 Å². The molecule has 1 N–H and O–H groups in total. The standard InChI is InChI=1S/C21H19N3O3/c1-27-17-9-5-8-16(12-17)18-13-19-21(26)23(10-11-24(19)22-18)14-20(25)15-6-3-2-4-7-15/h2-13,20,25H,14H2,1H3. The van der Waals surface area contributed by atoms with Crippen molar-refractivity contribution < 1.29 is 9.84 Å². The number of hydrogen-bond donors (Lipinski definition) is 1. The van der Waals surface area contributed by atoms with Crippen molar-refractivity contribution in [2.45, 2.75) is 12.6 Å². The van der Waals surface area contributed by atoms with Crippen molar-refractivity contribution in [3.8, 4) is 17.0 Å². The Morgan fingerprint density at radius 3 is 2.67 bits per heavy atom. The zero-order valence-corrected chi connectivity index (χ0v) is 14.8. The van der Waals surface area contributed by atoms with E-state index in [0.29, 0.717) is 11.2 Å². The molecule has 27 heavy (non-hydrogen) atoms. The van der Waals surface area contributed by atoms with Crippen LogP contribution in [-0.4, -0.2) is 26.4 Å². The molecule has 0 saturated carbocycles. The summed E-state index contributed by atoms with van der Waals surface area (Å²) in [6.45, 7) is 0.180. The molecule has 0 aliphatic rings. The van der Waals surface area contributed by atoms with Gasteiger partial charge >= 0.3 is 0 Å². The first-order chi connectivity index (χ1) is 13.2. The third kappa shape index (κ3) is 3.35. The molecule has 0 saturated heterocycles. The SMILES string of the molecule is COc1cccc(-c2cc3c(=O)n(CC(O)c4ccccc4)ccn3n2)c1. The van der Waals surface area contributed by atoms with Crippen LogP contribution in [0.25, 0.3) is 16.8 Å². The molecule has 1 unspecified atom stereocenters. The van der Waals surface area contributed by atoms with Gasteiger partial charge in [0.2, 0.25) is 0 Å². The molecular weight excluding hydrogens is 342 g/mol. The fourth-order valence-corrected chi connectivity index (χ4v) is 3.06. The summed E-state index contributed by atoms with van der Waals surface area (Å²) >= 11 is 0. The lowest BCUT2D eigenvalue weighted by Gasteiger charge is -2.13. The predicted octanol–water partition coefficient (Wildman–Crippen LogP) is 2.91. The van der Waals surface area contributed by atoms with Crippen LogP contribution in [0.15, 0.2) is 77.9 Å². The summed E-state index contributed by atoms with van der Waals surface area (Å²) in [6, 6.07) is 18.6. The second kappa shape index (κ2) is 7.09. The highest BCUT2D eigenvalue weighted by molar-refractivity contribution is 5.66. The summed E-state index contributed by atoms with van der Waals surface area (Å²) in [7, 11) is 1.61. The van der Waals surface area contributed by atoms with Crippen LogP contribution in [0.4, 0.5) is 0 Å². The van der Waals surface area contributed by atoms with Crippen LogP contribution in [0.2, 0.25) is 0 Å². The number of nitrogens with zero attached hydrogens (tertiary/aromatic N) is 3. The first kappa shape index (κ1) is 17.1. The minimum absolute atomic E-state index is 0.180. The third-order valence-electron chi connectivity index (χ3n) is 4.52. The van der Waals surface area contributed by atoms with Gasteiger partial charge in [-0.3, -0.25) is 4.79 Å². The molecule has 0 fully saturated rings. The van der Waals surface area contributed by atoms with Crippen LogP contribution in [0, 0.1) is 0 Å². The molecule has 2 heterocycles. The van der Waals surface area contributed by atoms with Crippen molar-refractivity contribution in [2.75, 3.05) is 7.11 Å². The molecule has 0 aliphatic heterocycles. The van der Waals surface area contributed by atoms with Gasteiger partial charge < -0.3 is 14.4 Å². The molecule has 0 bridgehead atoms. The third-order valence-corrected chi connectivity index (χ3v) is 4.52. The maximum atomic E-state index is 12.8.